The van der Waals surface area contributed by atoms with Crippen LogP contribution in [-0.2, 0) is 0 Å². The molecule has 20 heavy (non-hydrogen) atoms. The maximum atomic E-state index is 10.7. The average Bonchev–Trinajstić information content (AvgIpc) is 3.04. The number of carbonyl (C=O) groups is 1. The number of anilines is 2. The number of benzene rings is 1. The standard InChI is InChI=1S/C12H9N3O4S/c1-18-6-2-3-7-9(4-6)20-12(14-7)15-11-13-8(5-19-11)10(16)17/h2-5H,1H3,(H,16,17)(H,13,14,15). The summed E-state index contributed by atoms with van der Waals surface area (Å²) in [5, 5.41) is 12.2. The van der Waals surface area contributed by atoms with E-state index >= 15 is 0 Å². The summed E-state index contributed by atoms with van der Waals surface area (Å²) >= 11 is 1.39. The molecule has 0 aliphatic rings. The number of thiazole rings is 1. The molecule has 2 heterocycles. The molecule has 0 aliphatic heterocycles. The van der Waals surface area contributed by atoms with Gasteiger partial charge in [0.15, 0.2) is 10.8 Å². The molecule has 0 spiro atoms. The summed E-state index contributed by atoms with van der Waals surface area (Å²) in [6.45, 7) is 0. The number of rotatable bonds is 4. The Balaban J connectivity index is 1.88. The van der Waals surface area contributed by atoms with E-state index in [9.17, 15) is 4.79 Å². The summed E-state index contributed by atoms with van der Waals surface area (Å²) < 4.78 is 11.1. The first-order chi connectivity index (χ1) is 9.65. The largest absolute Gasteiger partial charge is 0.497 e. The summed E-state index contributed by atoms with van der Waals surface area (Å²) in [5.41, 5.74) is 0.651. The Kier molecular flexibility index (Phi) is 2.99. The van der Waals surface area contributed by atoms with Crippen molar-refractivity contribution >= 4 is 38.7 Å². The molecule has 0 aliphatic carbocycles. The number of carboxylic acids is 1. The van der Waals surface area contributed by atoms with Crippen LogP contribution in [0.3, 0.4) is 0 Å². The molecule has 0 atom stereocenters. The van der Waals surface area contributed by atoms with E-state index in [1.54, 1.807) is 7.11 Å². The van der Waals surface area contributed by atoms with Gasteiger partial charge >= 0.3 is 12.0 Å². The molecule has 0 unspecified atom stereocenters. The second-order valence-electron chi connectivity index (χ2n) is 3.82. The highest BCUT2D eigenvalue weighted by Crippen LogP contribution is 2.30. The fraction of sp³-hybridized carbons (Fsp3) is 0.0833. The van der Waals surface area contributed by atoms with Crippen molar-refractivity contribution in [1.82, 2.24) is 9.97 Å². The lowest BCUT2D eigenvalue weighted by molar-refractivity contribution is 0.0690. The number of nitrogens with one attached hydrogen (secondary N) is 1. The summed E-state index contributed by atoms with van der Waals surface area (Å²) in [6, 6.07) is 5.62. The molecule has 8 heteroatoms. The molecular formula is C12H9N3O4S. The van der Waals surface area contributed by atoms with Crippen LogP contribution in [0.4, 0.5) is 11.1 Å². The minimum absolute atomic E-state index is 0.0911. The SMILES string of the molecule is COc1ccc2nc(Nc3nc(C(=O)O)co3)sc2c1. The van der Waals surface area contributed by atoms with E-state index in [-0.39, 0.29) is 11.7 Å². The molecule has 3 rings (SSSR count). The average molecular weight is 291 g/mol. The van der Waals surface area contributed by atoms with Crippen molar-refractivity contribution in [2.45, 2.75) is 0 Å². The van der Waals surface area contributed by atoms with Gasteiger partial charge in [0, 0.05) is 0 Å². The number of fused-ring (bicyclic) bond motifs is 1. The van der Waals surface area contributed by atoms with Crippen molar-refractivity contribution < 1.29 is 19.1 Å². The lowest BCUT2D eigenvalue weighted by Crippen LogP contribution is -1.96. The number of hydrogen-bond acceptors (Lipinski definition) is 7. The number of hydrogen-bond donors (Lipinski definition) is 2. The summed E-state index contributed by atoms with van der Waals surface area (Å²) in [6.07, 6.45) is 1.07. The smallest absolute Gasteiger partial charge is 0.357 e. The van der Waals surface area contributed by atoms with Crippen molar-refractivity contribution in [2.24, 2.45) is 0 Å². The van der Waals surface area contributed by atoms with Crippen LogP contribution >= 0.6 is 11.3 Å². The Labute approximate surface area is 116 Å². The molecule has 0 fully saturated rings. The molecule has 1 aromatic carbocycles. The lowest BCUT2D eigenvalue weighted by Gasteiger charge is -1.96. The second kappa shape index (κ2) is 4.82. The van der Waals surface area contributed by atoms with E-state index in [1.807, 2.05) is 18.2 Å². The molecular weight excluding hydrogens is 282 g/mol. The van der Waals surface area contributed by atoms with Gasteiger partial charge in [-0.3, -0.25) is 5.32 Å². The Morgan fingerprint density at radius 2 is 2.30 bits per heavy atom. The normalized spacial score (nSPS) is 10.7. The quantitative estimate of drug-likeness (QED) is 0.762. The Morgan fingerprint density at radius 1 is 1.45 bits per heavy atom. The van der Waals surface area contributed by atoms with Gasteiger partial charge in [-0.1, -0.05) is 11.3 Å². The molecule has 2 aromatic heterocycles. The maximum Gasteiger partial charge on any atom is 0.357 e. The van der Waals surface area contributed by atoms with Crippen LogP contribution in [0.5, 0.6) is 5.75 Å². The first-order valence-electron chi connectivity index (χ1n) is 5.56. The third kappa shape index (κ3) is 2.28. The van der Waals surface area contributed by atoms with Crippen molar-refractivity contribution in [3.63, 3.8) is 0 Å². The number of ether oxygens (including phenoxy) is 1. The molecule has 2 N–H and O–H groups in total. The predicted octanol–water partition coefficient (Wildman–Crippen LogP) is 2.73. The fourth-order valence-electron chi connectivity index (χ4n) is 1.61. The molecule has 0 radical (unpaired) electrons. The maximum absolute atomic E-state index is 10.7. The molecule has 0 amide bonds. The van der Waals surface area contributed by atoms with Gasteiger partial charge in [0.1, 0.15) is 12.0 Å². The van der Waals surface area contributed by atoms with Gasteiger partial charge in [0.25, 0.3) is 0 Å². The van der Waals surface area contributed by atoms with Crippen LogP contribution < -0.4 is 10.1 Å². The molecule has 0 saturated heterocycles. The zero-order chi connectivity index (χ0) is 14.1. The summed E-state index contributed by atoms with van der Waals surface area (Å²) in [7, 11) is 1.60. The number of carboxylic acid groups (broad SMARTS) is 1. The minimum atomic E-state index is -1.14. The van der Waals surface area contributed by atoms with Gasteiger partial charge in [-0.15, -0.1) is 0 Å². The monoisotopic (exact) mass is 291 g/mol. The number of methoxy groups -OCH3 is 1. The highest BCUT2D eigenvalue weighted by Gasteiger charge is 2.12. The minimum Gasteiger partial charge on any atom is -0.497 e. The molecule has 7 nitrogen and oxygen atoms in total. The van der Waals surface area contributed by atoms with E-state index in [1.165, 1.54) is 11.3 Å². The predicted molar refractivity (Wildman–Crippen MR) is 72.9 cm³/mol. The second-order valence-corrected chi connectivity index (χ2v) is 4.85. The van der Waals surface area contributed by atoms with Gasteiger partial charge in [-0.05, 0) is 18.2 Å². The van der Waals surface area contributed by atoms with Crippen molar-refractivity contribution in [2.75, 3.05) is 12.4 Å². The molecule has 3 aromatic rings. The van der Waals surface area contributed by atoms with E-state index in [4.69, 9.17) is 14.3 Å². The summed E-state index contributed by atoms with van der Waals surface area (Å²) in [4.78, 5) is 18.8. The van der Waals surface area contributed by atoms with Crippen molar-refractivity contribution in [1.29, 1.82) is 0 Å². The van der Waals surface area contributed by atoms with E-state index < -0.39 is 5.97 Å². The zero-order valence-corrected chi connectivity index (χ0v) is 11.1. The van der Waals surface area contributed by atoms with Gasteiger partial charge in [-0.2, -0.15) is 4.98 Å². The van der Waals surface area contributed by atoms with Crippen LogP contribution in [0, 0.1) is 0 Å². The molecule has 0 saturated carbocycles. The number of oxazole rings is 1. The van der Waals surface area contributed by atoms with Crippen molar-refractivity contribution in [3.05, 3.63) is 30.2 Å². The third-order valence-corrected chi connectivity index (χ3v) is 3.47. The van der Waals surface area contributed by atoms with Gasteiger partial charge in [0.05, 0.1) is 17.3 Å². The Morgan fingerprint density at radius 3 is 3.00 bits per heavy atom. The van der Waals surface area contributed by atoms with Gasteiger partial charge < -0.3 is 14.3 Å². The zero-order valence-electron chi connectivity index (χ0n) is 10.3. The van der Waals surface area contributed by atoms with Crippen LogP contribution in [-0.4, -0.2) is 28.2 Å². The Hall–Kier alpha value is -2.61. The highest BCUT2D eigenvalue weighted by molar-refractivity contribution is 7.22. The highest BCUT2D eigenvalue weighted by atomic mass is 32.1. The van der Waals surface area contributed by atoms with Crippen LogP contribution in [0.1, 0.15) is 10.5 Å². The number of nitrogens with zero attached hydrogens (tertiary/aromatic N) is 2. The van der Waals surface area contributed by atoms with E-state index in [2.05, 4.69) is 15.3 Å². The number of aromatic carboxylic acids is 1. The van der Waals surface area contributed by atoms with Crippen LogP contribution in [0.15, 0.2) is 28.9 Å². The Bertz CT molecular complexity index is 780. The van der Waals surface area contributed by atoms with E-state index in [0.717, 1.165) is 22.2 Å². The summed E-state index contributed by atoms with van der Waals surface area (Å²) in [5.74, 6) is -0.396. The topological polar surface area (TPSA) is 97.5 Å². The van der Waals surface area contributed by atoms with Gasteiger partial charge in [0.2, 0.25) is 0 Å². The van der Waals surface area contributed by atoms with Crippen LogP contribution in [0.2, 0.25) is 0 Å². The molecule has 0 bridgehead atoms. The van der Waals surface area contributed by atoms with Gasteiger partial charge in [-0.25, -0.2) is 9.78 Å². The first-order valence-corrected chi connectivity index (χ1v) is 6.38. The van der Waals surface area contributed by atoms with E-state index in [0.29, 0.717) is 5.13 Å². The number of aromatic nitrogens is 2. The third-order valence-electron chi connectivity index (χ3n) is 2.53. The van der Waals surface area contributed by atoms with Crippen molar-refractivity contribution in [3.8, 4) is 5.75 Å². The first kappa shape index (κ1) is 12.4. The lowest BCUT2D eigenvalue weighted by atomic mass is 10.3. The molecule has 102 valence electrons. The fourth-order valence-corrected chi connectivity index (χ4v) is 2.49. The van der Waals surface area contributed by atoms with Crippen LogP contribution in [0.25, 0.3) is 10.2 Å².